The number of nitrogens with zero attached hydrogens (tertiary/aromatic N) is 2. The van der Waals surface area contributed by atoms with E-state index in [1.807, 2.05) is 0 Å². The fourth-order valence-electron chi connectivity index (χ4n) is 3.28. The Balaban J connectivity index is 1.94. The van der Waals surface area contributed by atoms with Crippen LogP contribution in [-0.2, 0) is 14.6 Å². The molecule has 0 saturated carbocycles. The number of ether oxygens (including phenoxy) is 1. The number of hydrogen-bond donors (Lipinski definition) is 3. The summed E-state index contributed by atoms with van der Waals surface area (Å²) in [5.41, 5.74) is 1.97. The number of benzene rings is 2. The SMILES string of the molecule is CCOC(=O)c1cnc(Nc2ccc(S(C)(=O)=O)c(C)c2)nc1N[C@H](CO)c1ccc(Cl)cc1. The summed E-state index contributed by atoms with van der Waals surface area (Å²) < 4.78 is 28.8. The lowest BCUT2D eigenvalue weighted by Crippen LogP contribution is -2.19. The van der Waals surface area contributed by atoms with Crippen molar-refractivity contribution < 1.29 is 23.1 Å². The Hall–Kier alpha value is -3.21. The van der Waals surface area contributed by atoms with Crippen LogP contribution in [0.5, 0.6) is 0 Å². The normalized spacial score (nSPS) is 12.1. The molecule has 1 heterocycles. The molecule has 0 fully saturated rings. The number of carbonyl (C=O) groups excluding carboxylic acids is 1. The molecule has 0 bridgehead atoms. The summed E-state index contributed by atoms with van der Waals surface area (Å²) >= 11 is 5.96. The van der Waals surface area contributed by atoms with Gasteiger partial charge in [-0.15, -0.1) is 0 Å². The molecule has 3 rings (SSSR count). The number of esters is 1. The molecule has 2 aromatic carbocycles. The van der Waals surface area contributed by atoms with E-state index in [1.165, 1.54) is 12.3 Å². The predicted octanol–water partition coefficient (Wildman–Crippen LogP) is 3.91. The van der Waals surface area contributed by atoms with Gasteiger partial charge in [0.25, 0.3) is 0 Å². The van der Waals surface area contributed by atoms with E-state index in [-0.39, 0.29) is 35.4 Å². The van der Waals surface area contributed by atoms with Crippen molar-refractivity contribution in [2.75, 3.05) is 30.1 Å². The molecule has 34 heavy (non-hydrogen) atoms. The Kier molecular flexibility index (Phi) is 8.08. The molecule has 11 heteroatoms. The zero-order chi connectivity index (χ0) is 24.9. The van der Waals surface area contributed by atoms with Crippen molar-refractivity contribution in [2.24, 2.45) is 0 Å². The van der Waals surface area contributed by atoms with Crippen LogP contribution in [0.25, 0.3) is 0 Å². The molecular weight excluding hydrogens is 480 g/mol. The third-order valence-electron chi connectivity index (χ3n) is 4.88. The number of aliphatic hydroxyl groups excluding tert-OH is 1. The van der Waals surface area contributed by atoms with Gasteiger partial charge in [0.05, 0.1) is 24.2 Å². The predicted molar refractivity (Wildman–Crippen MR) is 130 cm³/mol. The largest absolute Gasteiger partial charge is 0.462 e. The summed E-state index contributed by atoms with van der Waals surface area (Å²) in [6.07, 6.45) is 2.47. The average molecular weight is 505 g/mol. The minimum atomic E-state index is -3.35. The second kappa shape index (κ2) is 10.8. The number of anilines is 3. The highest BCUT2D eigenvalue weighted by molar-refractivity contribution is 7.90. The van der Waals surface area contributed by atoms with Crippen LogP contribution in [0.3, 0.4) is 0 Å². The van der Waals surface area contributed by atoms with E-state index in [9.17, 15) is 18.3 Å². The second-order valence-electron chi connectivity index (χ2n) is 7.48. The standard InChI is InChI=1S/C23H25ClN4O5S/c1-4-33-22(30)18-12-25-23(26-17-9-10-20(14(2)11-17)34(3,31)32)28-21(18)27-19(13-29)15-5-7-16(24)8-6-15/h5-12,19,29H,4,13H2,1-3H3,(H2,25,26,27,28)/t19-/m1/s1. The minimum Gasteiger partial charge on any atom is -0.462 e. The van der Waals surface area contributed by atoms with Crippen LogP contribution in [-0.4, -0.2) is 48.9 Å². The molecule has 180 valence electrons. The Morgan fingerprint density at radius 3 is 2.50 bits per heavy atom. The van der Waals surface area contributed by atoms with E-state index in [0.717, 1.165) is 11.8 Å². The van der Waals surface area contributed by atoms with E-state index >= 15 is 0 Å². The quantitative estimate of drug-likeness (QED) is 0.371. The van der Waals surface area contributed by atoms with E-state index in [4.69, 9.17) is 16.3 Å². The number of sulfone groups is 1. The monoisotopic (exact) mass is 504 g/mol. The Bertz CT molecular complexity index is 1280. The van der Waals surface area contributed by atoms with Crippen LogP contribution >= 0.6 is 11.6 Å². The summed E-state index contributed by atoms with van der Waals surface area (Å²) in [5, 5.41) is 16.6. The van der Waals surface area contributed by atoms with Gasteiger partial charge in [0.1, 0.15) is 11.4 Å². The molecule has 0 unspecified atom stereocenters. The van der Waals surface area contributed by atoms with Gasteiger partial charge >= 0.3 is 5.97 Å². The maximum atomic E-state index is 12.5. The van der Waals surface area contributed by atoms with Crippen LogP contribution in [0.4, 0.5) is 17.5 Å². The molecular formula is C23H25ClN4O5S. The van der Waals surface area contributed by atoms with Gasteiger partial charge < -0.3 is 20.5 Å². The van der Waals surface area contributed by atoms with Gasteiger partial charge in [-0.25, -0.2) is 18.2 Å². The van der Waals surface area contributed by atoms with Gasteiger partial charge in [-0.2, -0.15) is 4.98 Å². The Morgan fingerprint density at radius 2 is 1.91 bits per heavy atom. The van der Waals surface area contributed by atoms with Crippen molar-refractivity contribution in [1.29, 1.82) is 0 Å². The number of hydrogen-bond acceptors (Lipinski definition) is 9. The maximum absolute atomic E-state index is 12.5. The summed E-state index contributed by atoms with van der Waals surface area (Å²) in [4.78, 5) is 21.3. The highest BCUT2D eigenvalue weighted by atomic mass is 35.5. The zero-order valence-corrected chi connectivity index (χ0v) is 20.4. The third-order valence-corrected chi connectivity index (χ3v) is 6.39. The fraction of sp³-hybridized carbons (Fsp3) is 0.261. The van der Waals surface area contributed by atoms with Gasteiger partial charge in [-0.05, 0) is 55.3 Å². The van der Waals surface area contributed by atoms with E-state index < -0.39 is 21.8 Å². The van der Waals surface area contributed by atoms with Crippen molar-refractivity contribution >= 4 is 44.9 Å². The number of aryl methyl sites for hydroxylation is 1. The molecule has 1 aromatic heterocycles. The third kappa shape index (κ3) is 6.22. The first kappa shape index (κ1) is 25.4. The molecule has 1 atom stereocenters. The van der Waals surface area contributed by atoms with Gasteiger partial charge in [0.15, 0.2) is 9.84 Å². The molecule has 0 radical (unpaired) electrons. The molecule has 9 nitrogen and oxygen atoms in total. The lowest BCUT2D eigenvalue weighted by molar-refractivity contribution is 0.0526. The van der Waals surface area contributed by atoms with Gasteiger partial charge in [0, 0.05) is 23.2 Å². The van der Waals surface area contributed by atoms with Gasteiger partial charge in [-0.3, -0.25) is 0 Å². The summed E-state index contributed by atoms with van der Waals surface area (Å²) in [6, 6.07) is 11.1. The summed E-state index contributed by atoms with van der Waals surface area (Å²) in [6.45, 7) is 3.28. The highest BCUT2D eigenvalue weighted by Crippen LogP contribution is 2.26. The first-order valence-corrected chi connectivity index (χ1v) is 12.6. The van der Waals surface area contributed by atoms with Crippen LogP contribution < -0.4 is 10.6 Å². The first-order chi connectivity index (χ1) is 16.1. The summed E-state index contributed by atoms with van der Waals surface area (Å²) in [7, 11) is -3.35. The number of carbonyl (C=O) groups is 1. The van der Waals surface area contributed by atoms with Crippen molar-refractivity contribution in [3.63, 3.8) is 0 Å². The van der Waals surface area contributed by atoms with Crippen LogP contribution in [0, 0.1) is 6.92 Å². The molecule has 0 aliphatic rings. The van der Waals surface area contributed by atoms with Crippen molar-refractivity contribution in [2.45, 2.75) is 24.8 Å². The zero-order valence-electron chi connectivity index (χ0n) is 18.9. The maximum Gasteiger partial charge on any atom is 0.343 e. The molecule has 0 spiro atoms. The van der Waals surface area contributed by atoms with Crippen molar-refractivity contribution in [1.82, 2.24) is 9.97 Å². The lowest BCUT2D eigenvalue weighted by atomic mass is 10.1. The van der Waals surface area contributed by atoms with E-state index in [1.54, 1.807) is 50.2 Å². The Morgan fingerprint density at radius 1 is 1.21 bits per heavy atom. The van der Waals surface area contributed by atoms with Gasteiger partial charge in [0.2, 0.25) is 5.95 Å². The van der Waals surface area contributed by atoms with Crippen LogP contribution in [0.2, 0.25) is 5.02 Å². The number of halogens is 1. The average Bonchev–Trinajstić information content (AvgIpc) is 2.77. The van der Waals surface area contributed by atoms with Crippen LogP contribution in [0.1, 0.15) is 34.5 Å². The van der Waals surface area contributed by atoms with E-state index in [0.29, 0.717) is 16.3 Å². The second-order valence-corrected chi connectivity index (χ2v) is 9.91. The smallest absolute Gasteiger partial charge is 0.343 e. The Labute approximate surface area is 203 Å². The number of nitrogens with one attached hydrogen (secondary N) is 2. The number of rotatable bonds is 9. The molecule has 3 aromatic rings. The van der Waals surface area contributed by atoms with E-state index in [2.05, 4.69) is 20.6 Å². The van der Waals surface area contributed by atoms with Gasteiger partial charge in [-0.1, -0.05) is 23.7 Å². The highest BCUT2D eigenvalue weighted by Gasteiger charge is 2.20. The number of aromatic nitrogens is 2. The lowest BCUT2D eigenvalue weighted by Gasteiger charge is -2.20. The fourth-order valence-corrected chi connectivity index (χ4v) is 4.36. The summed E-state index contributed by atoms with van der Waals surface area (Å²) in [5.74, 6) is -0.290. The minimum absolute atomic E-state index is 0.100. The molecule has 3 N–H and O–H groups in total. The van der Waals surface area contributed by atoms with Crippen molar-refractivity contribution in [3.8, 4) is 0 Å². The van der Waals surface area contributed by atoms with Crippen LogP contribution in [0.15, 0.2) is 53.6 Å². The molecule has 0 amide bonds. The molecule has 0 saturated heterocycles. The first-order valence-electron chi connectivity index (χ1n) is 10.4. The molecule has 0 aliphatic carbocycles. The topological polar surface area (TPSA) is 131 Å². The molecule has 0 aliphatic heterocycles. The number of aliphatic hydroxyl groups is 1. The van der Waals surface area contributed by atoms with Crippen molar-refractivity contribution in [3.05, 3.63) is 70.4 Å².